The highest BCUT2D eigenvalue weighted by molar-refractivity contribution is 5.81. The maximum absolute atomic E-state index is 12.1. The molecule has 0 bridgehead atoms. The van der Waals surface area contributed by atoms with Crippen LogP contribution < -0.4 is 4.74 Å². The van der Waals surface area contributed by atoms with E-state index < -0.39 is 24.1 Å². The van der Waals surface area contributed by atoms with Crippen molar-refractivity contribution in [1.82, 2.24) is 4.90 Å². The van der Waals surface area contributed by atoms with Gasteiger partial charge < -0.3 is 19.1 Å². The minimum Gasteiger partial charge on any atom is -0.475 e. The highest BCUT2D eigenvalue weighted by Gasteiger charge is 2.26. The lowest BCUT2D eigenvalue weighted by Gasteiger charge is -2.35. The maximum atomic E-state index is 12.1. The number of benzene rings is 1. The molecule has 1 aromatic rings. The summed E-state index contributed by atoms with van der Waals surface area (Å²) in [6.07, 6.45) is -0.157. The van der Waals surface area contributed by atoms with Crippen molar-refractivity contribution in [3.8, 4) is 5.75 Å². The second-order valence-electron chi connectivity index (χ2n) is 5.73. The summed E-state index contributed by atoms with van der Waals surface area (Å²) >= 11 is 0. The summed E-state index contributed by atoms with van der Waals surface area (Å²) in [5.41, 5.74) is -0.248. The Hall–Kier alpha value is -2.68. The first-order valence-electron chi connectivity index (χ1n) is 7.82. The Labute approximate surface area is 144 Å². The average Bonchev–Trinajstić information content (AvgIpc) is 2.57. The Morgan fingerprint density at radius 1 is 1.24 bits per heavy atom. The van der Waals surface area contributed by atoms with Gasteiger partial charge in [-0.1, -0.05) is 12.1 Å². The lowest BCUT2D eigenvalue weighted by Crippen LogP contribution is -2.49. The van der Waals surface area contributed by atoms with Gasteiger partial charge in [0.2, 0.25) is 0 Å². The van der Waals surface area contributed by atoms with Crippen molar-refractivity contribution in [1.29, 1.82) is 0 Å². The van der Waals surface area contributed by atoms with Crippen LogP contribution >= 0.6 is 0 Å². The van der Waals surface area contributed by atoms with Crippen molar-refractivity contribution in [2.75, 3.05) is 26.3 Å². The van der Waals surface area contributed by atoms with Gasteiger partial charge in [-0.05, 0) is 19.9 Å². The monoisotopic (exact) mass is 352 g/mol. The van der Waals surface area contributed by atoms with Crippen LogP contribution in [0.5, 0.6) is 5.75 Å². The molecule has 1 aliphatic rings. The van der Waals surface area contributed by atoms with Crippen molar-refractivity contribution in [2.45, 2.75) is 26.1 Å². The first-order chi connectivity index (χ1) is 11.9. The largest absolute Gasteiger partial charge is 0.475 e. The fraction of sp³-hybridized carbons (Fsp3) is 0.500. The predicted octanol–water partition coefficient (Wildman–Crippen LogP) is 1.15. The van der Waals surface area contributed by atoms with Gasteiger partial charge in [-0.3, -0.25) is 14.9 Å². The number of nitro benzene ring substituents is 1. The van der Waals surface area contributed by atoms with E-state index in [0.29, 0.717) is 13.1 Å². The third-order valence-corrected chi connectivity index (χ3v) is 3.54. The van der Waals surface area contributed by atoms with E-state index in [9.17, 15) is 19.7 Å². The third-order valence-electron chi connectivity index (χ3n) is 3.54. The second-order valence-corrected chi connectivity index (χ2v) is 5.73. The lowest BCUT2D eigenvalue weighted by atomic mass is 10.2. The fourth-order valence-electron chi connectivity index (χ4n) is 2.52. The zero-order valence-corrected chi connectivity index (χ0v) is 14.0. The smallest absolute Gasteiger partial charge is 0.344 e. The van der Waals surface area contributed by atoms with E-state index in [0.717, 1.165) is 0 Å². The summed E-state index contributed by atoms with van der Waals surface area (Å²) in [6, 6.07) is 5.70. The minimum absolute atomic E-state index is 0.0356. The van der Waals surface area contributed by atoms with E-state index in [2.05, 4.69) is 0 Å². The van der Waals surface area contributed by atoms with Crippen LogP contribution in [0.1, 0.15) is 13.8 Å². The number of esters is 1. The summed E-state index contributed by atoms with van der Waals surface area (Å²) in [4.78, 5) is 35.6. The second kappa shape index (κ2) is 8.43. The van der Waals surface area contributed by atoms with Crippen molar-refractivity contribution < 1.29 is 28.7 Å². The number of rotatable bonds is 6. The van der Waals surface area contributed by atoms with Gasteiger partial charge in [0.1, 0.15) is 0 Å². The standard InChI is InChI=1S/C16H20N2O7/c1-11-7-17(8-12(2)25-11)15(19)9-24-16(20)10-23-14-6-4-3-5-13(14)18(21)22/h3-6,11-12H,7-10H2,1-2H3. The van der Waals surface area contributed by atoms with Crippen LogP contribution in [0.2, 0.25) is 0 Å². The number of para-hydroxylation sites is 2. The summed E-state index contributed by atoms with van der Waals surface area (Å²) in [6.45, 7) is 3.68. The molecule has 0 aromatic heterocycles. The molecule has 1 heterocycles. The van der Waals surface area contributed by atoms with Gasteiger partial charge in [-0.15, -0.1) is 0 Å². The van der Waals surface area contributed by atoms with Crippen LogP contribution in [0.3, 0.4) is 0 Å². The SMILES string of the molecule is CC1CN(C(=O)COC(=O)COc2ccccc2[N+](=O)[O-])CC(C)O1. The minimum atomic E-state index is -0.777. The Bertz CT molecular complexity index is 639. The number of hydrogen-bond donors (Lipinski definition) is 0. The molecule has 0 N–H and O–H groups in total. The number of hydrogen-bond acceptors (Lipinski definition) is 7. The molecule has 1 fully saturated rings. The Balaban J connectivity index is 1.79. The molecule has 1 amide bonds. The van der Waals surface area contributed by atoms with Crippen LogP contribution in [0.25, 0.3) is 0 Å². The normalized spacial score (nSPS) is 20.0. The third kappa shape index (κ3) is 5.42. The van der Waals surface area contributed by atoms with Crippen molar-refractivity contribution in [3.05, 3.63) is 34.4 Å². The Kier molecular flexibility index (Phi) is 6.29. The molecule has 2 unspecified atom stereocenters. The topological polar surface area (TPSA) is 108 Å². The number of ether oxygens (including phenoxy) is 3. The van der Waals surface area contributed by atoms with Crippen LogP contribution in [-0.2, 0) is 19.1 Å². The first-order valence-corrected chi connectivity index (χ1v) is 7.82. The highest BCUT2D eigenvalue weighted by atomic mass is 16.6. The fourth-order valence-corrected chi connectivity index (χ4v) is 2.52. The number of amides is 1. The lowest BCUT2D eigenvalue weighted by molar-refractivity contribution is -0.385. The van der Waals surface area contributed by atoms with E-state index in [-0.39, 0.29) is 29.6 Å². The van der Waals surface area contributed by atoms with Crippen molar-refractivity contribution >= 4 is 17.6 Å². The molecule has 0 saturated carbocycles. The molecular weight excluding hydrogens is 332 g/mol. The van der Waals surface area contributed by atoms with Gasteiger partial charge >= 0.3 is 11.7 Å². The van der Waals surface area contributed by atoms with E-state index in [1.54, 1.807) is 11.0 Å². The summed E-state index contributed by atoms with van der Waals surface area (Å²) in [5.74, 6) is -1.13. The zero-order valence-electron chi connectivity index (χ0n) is 14.0. The maximum Gasteiger partial charge on any atom is 0.344 e. The zero-order chi connectivity index (χ0) is 18.4. The van der Waals surface area contributed by atoms with Gasteiger partial charge in [-0.25, -0.2) is 4.79 Å². The molecule has 2 rings (SSSR count). The Morgan fingerprint density at radius 2 is 1.88 bits per heavy atom. The molecule has 0 aliphatic carbocycles. The number of nitrogens with zero attached hydrogens (tertiary/aromatic N) is 2. The number of carbonyl (C=O) groups is 2. The van der Waals surface area contributed by atoms with Gasteiger partial charge in [0.05, 0.1) is 17.1 Å². The quantitative estimate of drug-likeness (QED) is 0.429. The van der Waals surface area contributed by atoms with Gasteiger partial charge in [0.25, 0.3) is 5.91 Å². The number of nitro groups is 1. The summed E-state index contributed by atoms with van der Waals surface area (Å²) in [5, 5.41) is 10.9. The number of morpholine rings is 1. The van der Waals surface area contributed by atoms with Crippen LogP contribution in [0, 0.1) is 10.1 Å². The van der Waals surface area contributed by atoms with E-state index in [1.165, 1.54) is 18.2 Å². The van der Waals surface area contributed by atoms with Crippen LogP contribution in [-0.4, -0.2) is 60.2 Å². The molecule has 0 spiro atoms. The molecule has 1 aliphatic heterocycles. The molecule has 25 heavy (non-hydrogen) atoms. The molecule has 2 atom stereocenters. The molecule has 0 radical (unpaired) electrons. The molecule has 1 aromatic carbocycles. The molecule has 9 heteroatoms. The average molecular weight is 352 g/mol. The number of carbonyl (C=O) groups excluding carboxylic acids is 2. The van der Waals surface area contributed by atoms with Gasteiger partial charge in [0.15, 0.2) is 19.0 Å². The molecule has 1 saturated heterocycles. The van der Waals surface area contributed by atoms with E-state index in [4.69, 9.17) is 14.2 Å². The van der Waals surface area contributed by atoms with E-state index in [1.807, 2.05) is 13.8 Å². The van der Waals surface area contributed by atoms with Crippen molar-refractivity contribution in [2.24, 2.45) is 0 Å². The van der Waals surface area contributed by atoms with Gasteiger partial charge in [-0.2, -0.15) is 0 Å². The Morgan fingerprint density at radius 3 is 2.52 bits per heavy atom. The van der Waals surface area contributed by atoms with Gasteiger partial charge in [0, 0.05) is 19.2 Å². The van der Waals surface area contributed by atoms with Crippen LogP contribution in [0.15, 0.2) is 24.3 Å². The molecule has 9 nitrogen and oxygen atoms in total. The molecular formula is C16H20N2O7. The molecule has 136 valence electrons. The van der Waals surface area contributed by atoms with Crippen molar-refractivity contribution in [3.63, 3.8) is 0 Å². The summed E-state index contributed by atoms with van der Waals surface area (Å²) in [7, 11) is 0. The highest BCUT2D eigenvalue weighted by Crippen LogP contribution is 2.25. The summed E-state index contributed by atoms with van der Waals surface area (Å²) < 4.78 is 15.5. The predicted molar refractivity (Wildman–Crippen MR) is 86.1 cm³/mol. The first kappa shape index (κ1) is 18.7. The van der Waals surface area contributed by atoms with Crippen LogP contribution in [0.4, 0.5) is 5.69 Å². The van der Waals surface area contributed by atoms with E-state index >= 15 is 0 Å².